The number of rotatable bonds is 3. The van der Waals surface area contributed by atoms with Crippen LogP contribution in [-0.4, -0.2) is 45.0 Å². The second kappa shape index (κ2) is 6.27. The maximum atomic E-state index is 11.3. The van der Waals surface area contributed by atoms with E-state index in [9.17, 15) is 4.79 Å². The largest absolute Gasteiger partial charge is 0.468 e. The molecular formula is C9H18ClNO4. The summed E-state index contributed by atoms with van der Waals surface area (Å²) >= 11 is 0. The summed E-state index contributed by atoms with van der Waals surface area (Å²) in [6.45, 7) is 1.14. The Hall–Kier alpha value is -0.360. The van der Waals surface area contributed by atoms with Crippen LogP contribution in [0.25, 0.3) is 0 Å². The summed E-state index contributed by atoms with van der Waals surface area (Å²) in [4.78, 5) is 11.3. The number of hydrogen-bond donors (Lipinski definition) is 1. The number of methoxy groups -OCH3 is 2. The second-order valence-electron chi connectivity index (χ2n) is 3.38. The lowest BCUT2D eigenvalue weighted by Gasteiger charge is -2.38. The standard InChI is InChI=1S/C9H17NO4.ClH/c1-12-8(11)7(10)9(13-2)3-5-14-6-4-9;/h7H,3-6,10H2,1-2H3;1H. The van der Waals surface area contributed by atoms with Gasteiger partial charge in [0, 0.05) is 33.2 Å². The van der Waals surface area contributed by atoms with Gasteiger partial charge in [0.2, 0.25) is 0 Å². The van der Waals surface area contributed by atoms with Gasteiger partial charge in [0.05, 0.1) is 12.7 Å². The molecule has 0 spiro atoms. The minimum absolute atomic E-state index is 0. The molecule has 1 fully saturated rings. The van der Waals surface area contributed by atoms with Crippen molar-refractivity contribution in [1.82, 2.24) is 0 Å². The van der Waals surface area contributed by atoms with Crippen LogP contribution in [0.1, 0.15) is 12.8 Å². The van der Waals surface area contributed by atoms with Crippen LogP contribution < -0.4 is 5.73 Å². The van der Waals surface area contributed by atoms with Crippen molar-refractivity contribution in [1.29, 1.82) is 0 Å². The van der Waals surface area contributed by atoms with Crippen molar-refractivity contribution in [2.24, 2.45) is 5.73 Å². The number of halogens is 1. The molecular weight excluding hydrogens is 222 g/mol. The first-order valence-electron chi connectivity index (χ1n) is 4.62. The fourth-order valence-electron chi connectivity index (χ4n) is 1.70. The Bertz CT molecular complexity index is 206. The summed E-state index contributed by atoms with van der Waals surface area (Å²) in [5, 5.41) is 0. The molecule has 1 rings (SSSR count). The van der Waals surface area contributed by atoms with Crippen LogP contribution in [0.3, 0.4) is 0 Å². The van der Waals surface area contributed by atoms with E-state index in [2.05, 4.69) is 4.74 Å². The zero-order valence-corrected chi connectivity index (χ0v) is 9.84. The van der Waals surface area contributed by atoms with Gasteiger partial charge in [-0.25, -0.2) is 0 Å². The molecule has 0 aliphatic carbocycles. The maximum absolute atomic E-state index is 11.3. The molecule has 2 N–H and O–H groups in total. The fraction of sp³-hybridized carbons (Fsp3) is 0.889. The van der Waals surface area contributed by atoms with E-state index >= 15 is 0 Å². The van der Waals surface area contributed by atoms with Crippen molar-refractivity contribution in [3.05, 3.63) is 0 Å². The van der Waals surface area contributed by atoms with E-state index in [1.54, 1.807) is 7.11 Å². The predicted molar refractivity (Wildman–Crippen MR) is 57.0 cm³/mol. The van der Waals surface area contributed by atoms with Gasteiger partial charge in [-0.3, -0.25) is 4.79 Å². The van der Waals surface area contributed by atoms with Crippen LogP contribution in [0.4, 0.5) is 0 Å². The average Bonchev–Trinajstić information content (AvgIpc) is 2.28. The normalized spacial score (nSPS) is 21.3. The summed E-state index contributed by atoms with van der Waals surface area (Å²) in [5.74, 6) is -0.436. The molecule has 1 unspecified atom stereocenters. The zero-order valence-electron chi connectivity index (χ0n) is 9.02. The Labute approximate surface area is 95.6 Å². The first kappa shape index (κ1) is 14.6. The quantitative estimate of drug-likeness (QED) is 0.708. The number of nitrogens with two attached hydrogens (primary N) is 1. The number of carbonyl (C=O) groups is 1. The second-order valence-corrected chi connectivity index (χ2v) is 3.38. The lowest BCUT2D eigenvalue weighted by Crippen LogP contribution is -2.57. The maximum Gasteiger partial charge on any atom is 0.325 e. The van der Waals surface area contributed by atoms with Crippen molar-refractivity contribution in [2.45, 2.75) is 24.5 Å². The van der Waals surface area contributed by atoms with Gasteiger partial charge in [-0.05, 0) is 0 Å². The monoisotopic (exact) mass is 239 g/mol. The Kier molecular flexibility index (Phi) is 6.12. The lowest BCUT2D eigenvalue weighted by atomic mass is 9.86. The summed E-state index contributed by atoms with van der Waals surface area (Å²) in [6.07, 6.45) is 1.25. The molecule has 5 nitrogen and oxygen atoms in total. The van der Waals surface area contributed by atoms with Crippen LogP contribution in [0.2, 0.25) is 0 Å². The smallest absolute Gasteiger partial charge is 0.325 e. The topological polar surface area (TPSA) is 70.8 Å². The molecule has 1 aliphatic rings. The molecule has 0 aromatic heterocycles. The van der Waals surface area contributed by atoms with E-state index in [0.29, 0.717) is 26.1 Å². The number of carbonyl (C=O) groups excluding carboxylic acids is 1. The molecule has 0 saturated carbocycles. The summed E-state index contributed by atoms with van der Waals surface area (Å²) in [6, 6.07) is -0.735. The third-order valence-electron chi connectivity index (χ3n) is 2.77. The molecule has 0 bridgehead atoms. The number of hydrogen-bond acceptors (Lipinski definition) is 5. The van der Waals surface area contributed by atoms with E-state index in [4.69, 9.17) is 15.2 Å². The molecule has 90 valence electrons. The van der Waals surface area contributed by atoms with Crippen molar-refractivity contribution >= 4 is 18.4 Å². The van der Waals surface area contributed by atoms with E-state index in [0.717, 1.165) is 0 Å². The molecule has 0 radical (unpaired) electrons. The van der Waals surface area contributed by atoms with Gasteiger partial charge in [0.25, 0.3) is 0 Å². The van der Waals surface area contributed by atoms with Gasteiger partial charge in [0.1, 0.15) is 6.04 Å². The summed E-state index contributed by atoms with van der Waals surface area (Å²) in [7, 11) is 2.89. The van der Waals surface area contributed by atoms with Crippen molar-refractivity contribution in [2.75, 3.05) is 27.4 Å². The first-order valence-corrected chi connectivity index (χ1v) is 4.62. The molecule has 0 aromatic rings. The van der Waals surface area contributed by atoms with E-state index in [-0.39, 0.29) is 12.4 Å². The third-order valence-corrected chi connectivity index (χ3v) is 2.77. The molecule has 1 saturated heterocycles. The van der Waals surface area contributed by atoms with Crippen LogP contribution >= 0.6 is 12.4 Å². The van der Waals surface area contributed by atoms with Crippen molar-refractivity contribution in [3.63, 3.8) is 0 Å². The predicted octanol–water partition coefficient (Wildman–Crippen LogP) is 0.104. The molecule has 15 heavy (non-hydrogen) atoms. The fourth-order valence-corrected chi connectivity index (χ4v) is 1.70. The minimum Gasteiger partial charge on any atom is -0.468 e. The van der Waals surface area contributed by atoms with Gasteiger partial charge in [0.15, 0.2) is 0 Å². The van der Waals surface area contributed by atoms with Crippen molar-refractivity contribution < 1.29 is 19.0 Å². The Balaban J connectivity index is 0.00000196. The van der Waals surface area contributed by atoms with Gasteiger partial charge in [-0.15, -0.1) is 12.4 Å². The minimum atomic E-state index is -0.735. The Morgan fingerprint density at radius 2 is 1.93 bits per heavy atom. The highest BCUT2D eigenvalue weighted by Crippen LogP contribution is 2.27. The van der Waals surface area contributed by atoms with Gasteiger partial charge in [-0.1, -0.05) is 0 Å². The highest BCUT2D eigenvalue weighted by Gasteiger charge is 2.43. The van der Waals surface area contributed by atoms with Gasteiger partial charge < -0.3 is 19.9 Å². The van der Waals surface area contributed by atoms with Crippen LogP contribution in [0.5, 0.6) is 0 Å². The van der Waals surface area contributed by atoms with Crippen LogP contribution in [0, 0.1) is 0 Å². The zero-order chi connectivity index (χ0) is 10.6. The number of ether oxygens (including phenoxy) is 3. The van der Waals surface area contributed by atoms with Crippen molar-refractivity contribution in [3.8, 4) is 0 Å². The average molecular weight is 240 g/mol. The molecule has 1 heterocycles. The van der Waals surface area contributed by atoms with Gasteiger partial charge in [-0.2, -0.15) is 0 Å². The highest BCUT2D eigenvalue weighted by molar-refractivity contribution is 5.85. The highest BCUT2D eigenvalue weighted by atomic mass is 35.5. The van der Waals surface area contributed by atoms with Gasteiger partial charge >= 0.3 is 5.97 Å². The molecule has 0 amide bonds. The molecule has 0 aromatic carbocycles. The Morgan fingerprint density at radius 1 is 1.40 bits per heavy atom. The van der Waals surface area contributed by atoms with E-state index < -0.39 is 17.6 Å². The van der Waals surface area contributed by atoms with Crippen LogP contribution in [0.15, 0.2) is 0 Å². The van der Waals surface area contributed by atoms with E-state index in [1.165, 1.54) is 7.11 Å². The van der Waals surface area contributed by atoms with E-state index in [1.807, 2.05) is 0 Å². The third kappa shape index (κ3) is 3.04. The molecule has 1 atom stereocenters. The summed E-state index contributed by atoms with van der Waals surface area (Å²) in [5.41, 5.74) is 5.17. The lowest BCUT2D eigenvalue weighted by molar-refractivity contribution is -0.158. The first-order chi connectivity index (χ1) is 6.66. The summed E-state index contributed by atoms with van der Waals surface area (Å²) < 4.78 is 15.2. The number of esters is 1. The molecule has 6 heteroatoms. The SMILES string of the molecule is COC(=O)C(N)C1(OC)CCOCC1.Cl. The van der Waals surface area contributed by atoms with Crippen LogP contribution in [-0.2, 0) is 19.0 Å². The Morgan fingerprint density at radius 3 is 2.33 bits per heavy atom. The molecule has 1 aliphatic heterocycles.